The molecule has 0 aliphatic carbocycles. The minimum Gasteiger partial charge on any atom is -0.355 e. The first-order chi connectivity index (χ1) is 9.52. The first-order valence-corrected chi connectivity index (χ1v) is 9.75. The van der Waals surface area contributed by atoms with Crippen LogP contribution in [-0.2, 0) is 9.59 Å². The van der Waals surface area contributed by atoms with Crippen LogP contribution in [0.5, 0.6) is 0 Å². The number of hydrogen-bond donors (Lipinski definition) is 2. The number of carbonyl (C=O) groups is 2. The van der Waals surface area contributed by atoms with Crippen LogP contribution in [0.15, 0.2) is 0 Å². The fourth-order valence-corrected chi connectivity index (χ4v) is 2.95. The molecule has 0 aliphatic rings. The van der Waals surface area contributed by atoms with Crippen molar-refractivity contribution in [3.8, 4) is 0 Å². The summed E-state index contributed by atoms with van der Waals surface area (Å²) in [7, 11) is 3.58. The third-order valence-corrected chi connectivity index (χ3v) is 4.44. The van der Waals surface area contributed by atoms with E-state index in [1.165, 1.54) is 6.92 Å². The topological polar surface area (TPSA) is 58.2 Å². The minimum atomic E-state index is -0.0303. The van der Waals surface area contributed by atoms with E-state index in [9.17, 15) is 9.59 Å². The monoisotopic (exact) mass is 322 g/mol. The SMILES string of the molecule is CC.CC(=O)CCC(=O)NCCSSCCNC(C)C. The summed E-state index contributed by atoms with van der Waals surface area (Å²) < 4.78 is 0. The summed E-state index contributed by atoms with van der Waals surface area (Å²) in [6, 6.07) is 0.538. The largest absolute Gasteiger partial charge is 0.355 e. The van der Waals surface area contributed by atoms with Crippen molar-refractivity contribution >= 4 is 33.3 Å². The predicted molar refractivity (Wildman–Crippen MR) is 92.3 cm³/mol. The van der Waals surface area contributed by atoms with Gasteiger partial charge in [0.2, 0.25) is 5.91 Å². The molecular formula is C14H30N2O2S2. The molecular weight excluding hydrogens is 292 g/mol. The molecule has 0 rings (SSSR count). The molecule has 6 heteroatoms. The molecule has 20 heavy (non-hydrogen) atoms. The predicted octanol–water partition coefficient (Wildman–Crippen LogP) is 2.88. The van der Waals surface area contributed by atoms with Crippen LogP contribution in [0.3, 0.4) is 0 Å². The Morgan fingerprint density at radius 1 is 1.00 bits per heavy atom. The molecule has 0 fully saturated rings. The highest BCUT2D eigenvalue weighted by molar-refractivity contribution is 8.76. The fraction of sp³-hybridized carbons (Fsp3) is 0.857. The van der Waals surface area contributed by atoms with Gasteiger partial charge in [-0.2, -0.15) is 0 Å². The Bertz CT molecular complexity index is 249. The first kappa shape index (κ1) is 22.1. The number of ketones is 1. The van der Waals surface area contributed by atoms with Gasteiger partial charge in [-0.15, -0.1) is 0 Å². The summed E-state index contributed by atoms with van der Waals surface area (Å²) in [5.41, 5.74) is 0. The number of Topliss-reactive ketones (excluding diaryl/α,β-unsaturated/α-hetero) is 1. The van der Waals surface area contributed by atoms with Crippen molar-refractivity contribution in [1.82, 2.24) is 10.6 Å². The lowest BCUT2D eigenvalue weighted by molar-refractivity contribution is -0.124. The second kappa shape index (κ2) is 16.9. The maximum absolute atomic E-state index is 11.3. The van der Waals surface area contributed by atoms with E-state index in [0.717, 1.165) is 18.1 Å². The lowest BCUT2D eigenvalue weighted by atomic mass is 10.2. The third kappa shape index (κ3) is 20.1. The number of amides is 1. The van der Waals surface area contributed by atoms with Gasteiger partial charge in [-0.1, -0.05) is 49.3 Å². The Balaban J connectivity index is 0. The molecule has 2 N–H and O–H groups in total. The van der Waals surface area contributed by atoms with Crippen molar-refractivity contribution < 1.29 is 9.59 Å². The quantitative estimate of drug-likeness (QED) is 0.452. The van der Waals surface area contributed by atoms with Crippen LogP contribution in [0, 0.1) is 0 Å². The van der Waals surface area contributed by atoms with E-state index in [-0.39, 0.29) is 11.7 Å². The minimum absolute atomic E-state index is 0.0303. The summed E-state index contributed by atoms with van der Waals surface area (Å²) >= 11 is 0. The molecule has 0 spiro atoms. The number of carbonyl (C=O) groups excluding carboxylic acids is 2. The molecule has 1 amide bonds. The van der Waals surface area contributed by atoms with Gasteiger partial charge in [0.1, 0.15) is 5.78 Å². The average Bonchev–Trinajstić information content (AvgIpc) is 2.41. The summed E-state index contributed by atoms with van der Waals surface area (Å²) in [4.78, 5) is 21.9. The van der Waals surface area contributed by atoms with Gasteiger partial charge in [-0.05, 0) is 6.92 Å². The highest BCUT2D eigenvalue weighted by Gasteiger charge is 2.02. The first-order valence-electron chi connectivity index (χ1n) is 7.26. The third-order valence-electron chi connectivity index (χ3n) is 2.03. The van der Waals surface area contributed by atoms with Gasteiger partial charge in [0.05, 0.1) is 0 Å². The zero-order valence-electron chi connectivity index (χ0n) is 13.5. The highest BCUT2D eigenvalue weighted by atomic mass is 33.1. The van der Waals surface area contributed by atoms with E-state index in [4.69, 9.17) is 0 Å². The number of nitrogens with one attached hydrogen (secondary N) is 2. The van der Waals surface area contributed by atoms with Gasteiger partial charge in [0.25, 0.3) is 0 Å². The lowest BCUT2D eigenvalue weighted by Gasteiger charge is -2.07. The maximum Gasteiger partial charge on any atom is 0.220 e. The molecule has 0 aromatic carbocycles. The van der Waals surface area contributed by atoms with Gasteiger partial charge in [0, 0.05) is 43.5 Å². The van der Waals surface area contributed by atoms with Crippen LogP contribution in [0.4, 0.5) is 0 Å². The van der Waals surface area contributed by atoms with E-state index in [1.807, 2.05) is 24.6 Å². The second-order valence-electron chi connectivity index (χ2n) is 4.30. The van der Waals surface area contributed by atoms with E-state index >= 15 is 0 Å². The van der Waals surface area contributed by atoms with Crippen LogP contribution in [-0.4, -0.2) is 42.3 Å². The maximum atomic E-state index is 11.3. The van der Waals surface area contributed by atoms with Crippen molar-refractivity contribution in [2.45, 2.75) is 53.5 Å². The van der Waals surface area contributed by atoms with Crippen molar-refractivity contribution in [2.75, 3.05) is 24.6 Å². The molecule has 0 aromatic heterocycles. The van der Waals surface area contributed by atoms with Crippen LogP contribution < -0.4 is 10.6 Å². The molecule has 120 valence electrons. The summed E-state index contributed by atoms with van der Waals surface area (Å²) in [6.45, 7) is 11.5. The Kier molecular flexibility index (Phi) is 18.6. The molecule has 0 aromatic rings. The summed E-state index contributed by atoms with van der Waals surface area (Å²) in [5, 5.41) is 6.15. The lowest BCUT2D eigenvalue weighted by Crippen LogP contribution is -2.26. The summed E-state index contributed by atoms with van der Waals surface area (Å²) in [5.74, 6) is 2.00. The molecule has 0 heterocycles. The number of rotatable bonds is 11. The zero-order valence-corrected chi connectivity index (χ0v) is 15.1. The van der Waals surface area contributed by atoms with Crippen LogP contribution in [0.1, 0.15) is 47.5 Å². The Labute approximate surface area is 132 Å². The molecule has 0 aliphatic heterocycles. The van der Waals surface area contributed by atoms with Gasteiger partial charge >= 0.3 is 0 Å². The smallest absolute Gasteiger partial charge is 0.220 e. The van der Waals surface area contributed by atoms with Gasteiger partial charge < -0.3 is 15.4 Å². The standard InChI is InChI=1S/C12H24N2O2S2.C2H6/c1-10(2)13-6-8-17-18-9-7-14-12(16)5-4-11(3)15;1-2/h10,13H,4-9H2,1-3H3,(H,14,16);1-2H3. The highest BCUT2D eigenvalue weighted by Crippen LogP contribution is 2.19. The molecule has 0 radical (unpaired) electrons. The van der Waals surface area contributed by atoms with E-state index < -0.39 is 0 Å². The van der Waals surface area contributed by atoms with E-state index in [2.05, 4.69) is 24.5 Å². The Hall–Kier alpha value is -0.200. The van der Waals surface area contributed by atoms with Crippen molar-refractivity contribution in [3.63, 3.8) is 0 Å². The van der Waals surface area contributed by atoms with Gasteiger partial charge in [0.15, 0.2) is 0 Å². The Morgan fingerprint density at radius 3 is 2.05 bits per heavy atom. The van der Waals surface area contributed by atoms with E-state index in [1.54, 1.807) is 10.8 Å². The van der Waals surface area contributed by atoms with Crippen LogP contribution in [0.25, 0.3) is 0 Å². The van der Waals surface area contributed by atoms with Crippen molar-refractivity contribution in [2.24, 2.45) is 0 Å². The fourth-order valence-electron chi connectivity index (χ4n) is 1.12. The normalized spacial score (nSPS) is 9.90. The van der Waals surface area contributed by atoms with Crippen molar-refractivity contribution in [3.05, 3.63) is 0 Å². The molecule has 0 atom stereocenters. The van der Waals surface area contributed by atoms with Crippen LogP contribution >= 0.6 is 21.6 Å². The molecule has 0 bridgehead atoms. The zero-order chi connectivity index (χ0) is 15.8. The summed E-state index contributed by atoms with van der Waals surface area (Å²) in [6.07, 6.45) is 0.653. The molecule has 0 saturated carbocycles. The Morgan fingerprint density at radius 2 is 1.55 bits per heavy atom. The second-order valence-corrected chi connectivity index (χ2v) is 7.01. The number of hydrogen-bond acceptors (Lipinski definition) is 5. The molecule has 0 unspecified atom stereocenters. The van der Waals surface area contributed by atoms with Crippen molar-refractivity contribution in [1.29, 1.82) is 0 Å². The van der Waals surface area contributed by atoms with E-state index in [0.29, 0.717) is 25.4 Å². The van der Waals surface area contributed by atoms with Gasteiger partial charge in [-0.25, -0.2) is 0 Å². The molecule has 0 saturated heterocycles. The van der Waals surface area contributed by atoms with Gasteiger partial charge in [-0.3, -0.25) is 4.79 Å². The average molecular weight is 323 g/mol. The van der Waals surface area contributed by atoms with Crippen LogP contribution in [0.2, 0.25) is 0 Å². The molecule has 4 nitrogen and oxygen atoms in total.